The van der Waals surface area contributed by atoms with Gasteiger partial charge in [0.1, 0.15) is 0 Å². The molecule has 2 aromatic carbocycles. The quantitative estimate of drug-likeness (QED) is 0.770. The van der Waals surface area contributed by atoms with E-state index in [1.54, 1.807) is 0 Å². The second kappa shape index (κ2) is 8.15. The Kier molecular flexibility index (Phi) is 6.38. The minimum absolute atomic E-state index is 0.211. The summed E-state index contributed by atoms with van der Waals surface area (Å²) >= 11 is 0. The van der Waals surface area contributed by atoms with Crippen LogP contribution in [0, 0.1) is 27.7 Å². The number of ketones is 1. The van der Waals surface area contributed by atoms with Crippen molar-refractivity contribution in [2.24, 2.45) is 0 Å². The Hall–Kier alpha value is -1.97. The fourth-order valence-electron chi connectivity index (χ4n) is 3.63. The number of carbonyl (C=O) groups excluding carboxylic acids is 1. The third-order valence-corrected chi connectivity index (χ3v) is 5.03. The molecule has 0 bridgehead atoms. The topological polar surface area (TPSA) is 23.6 Å². The molecule has 26 heavy (non-hydrogen) atoms. The first-order chi connectivity index (χ1) is 12.1. The molecule has 0 heterocycles. The summed E-state index contributed by atoms with van der Waals surface area (Å²) in [6.07, 6.45) is 0. The lowest BCUT2D eigenvalue weighted by Gasteiger charge is -2.33. The Morgan fingerprint density at radius 2 is 1.04 bits per heavy atom. The van der Waals surface area contributed by atoms with Gasteiger partial charge in [0.2, 0.25) is 0 Å². The van der Waals surface area contributed by atoms with Crippen LogP contribution in [0.15, 0.2) is 36.4 Å². The first-order valence-corrected chi connectivity index (χ1v) is 9.14. The first-order valence-electron chi connectivity index (χ1n) is 9.14. The fraction of sp³-hybridized carbons (Fsp3) is 0.435. The summed E-state index contributed by atoms with van der Waals surface area (Å²) in [6, 6.07) is 12.2. The average molecular weight is 353 g/mol. The predicted molar refractivity (Wildman–Crippen MR) is 110 cm³/mol. The summed E-state index contributed by atoms with van der Waals surface area (Å²) in [4.78, 5) is 17.8. The average Bonchev–Trinajstić information content (AvgIpc) is 2.54. The number of aryl methyl sites for hydroxylation is 4. The van der Waals surface area contributed by atoms with Crippen LogP contribution in [0.25, 0.3) is 0 Å². The van der Waals surface area contributed by atoms with Crippen LogP contribution in [0.1, 0.15) is 45.5 Å². The third-order valence-electron chi connectivity index (χ3n) is 5.03. The standard InChI is InChI=1S/C23H32N2O/c1-15-9-11-17(3)19(13-15)21(24(5)6)23(26)22(25(7)8)20-14-16(2)10-12-18(20)4/h9-14,21-22H,1-8H3. The minimum atomic E-state index is -0.276. The van der Waals surface area contributed by atoms with Crippen molar-refractivity contribution in [3.05, 3.63) is 69.8 Å². The van der Waals surface area contributed by atoms with E-state index in [2.05, 4.69) is 64.1 Å². The van der Waals surface area contributed by atoms with E-state index in [1.807, 2.05) is 38.0 Å². The summed E-state index contributed by atoms with van der Waals surface area (Å²) in [7, 11) is 7.95. The molecule has 0 amide bonds. The first kappa shape index (κ1) is 20.3. The Bertz CT molecular complexity index is 727. The highest BCUT2D eigenvalue weighted by Crippen LogP contribution is 2.33. The highest BCUT2D eigenvalue weighted by Gasteiger charge is 2.34. The van der Waals surface area contributed by atoms with Gasteiger partial charge in [0.25, 0.3) is 0 Å². The molecule has 2 rings (SSSR count). The molecule has 0 N–H and O–H groups in total. The van der Waals surface area contributed by atoms with Gasteiger partial charge in [0.05, 0.1) is 12.1 Å². The number of likely N-dealkylation sites (N-methyl/N-ethyl adjacent to an activating group) is 2. The van der Waals surface area contributed by atoms with E-state index in [1.165, 1.54) is 11.1 Å². The molecule has 0 radical (unpaired) electrons. The molecule has 2 aromatic rings. The van der Waals surface area contributed by atoms with Gasteiger partial charge in [-0.15, -0.1) is 0 Å². The Morgan fingerprint density at radius 1 is 0.692 bits per heavy atom. The van der Waals surface area contributed by atoms with Crippen molar-refractivity contribution < 1.29 is 4.79 Å². The number of Topliss-reactive ketones (excluding diaryl/α,β-unsaturated/α-hetero) is 1. The van der Waals surface area contributed by atoms with Crippen LogP contribution >= 0.6 is 0 Å². The highest BCUT2D eigenvalue weighted by atomic mass is 16.1. The molecular weight excluding hydrogens is 320 g/mol. The molecule has 0 aliphatic heterocycles. The van der Waals surface area contributed by atoms with E-state index >= 15 is 0 Å². The second-order valence-electron chi connectivity index (χ2n) is 7.85. The molecule has 2 atom stereocenters. The van der Waals surface area contributed by atoms with E-state index < -0.39 is 0 Å². The van der Waals surface area contributed by atoms with E-state index in [0.717, 1.165) is 22.3 Å². The zero-order valence-corrected chi connectivity index (χ0v) is 17.4. The Morgan fingerprint density at radius 3 is 1.35 bits per heavy atom. The molecular formula is C23H32N2O. The van der Waals surface area contributed by atoms with E-state index in [0.29, 0.717) is 0 Å². The van der Waals surface area contributed by atoms with Crippen LogP contribution in [0.5, 0.6) is 0 Å². The van der Waals surface area contributed by atoms with Crippen LogP contribution in [0.2, 0.25) is 0 Å². The van der Waals surface area contributed by atoms with Gasteiger partial charge in [-0.2, -0.15) is 0 Å². The summed E-state index contributed by atoms with van der Waals surface area (Å²) in [5.74, 6) is 0.211. The maximum Gasteiger partial charge on any atom is 0.176 e. The zero-order valence-electron chi connectivity index (χ0n) is 17.4. The van der Waals surface area contributed by atoms with Crippen LogP contribution in [0.4, 0.5) is 0 Å². The molecule has 3 nitrogen and oxygen atoms in total. The Balaban J connectivity index is 2.58. The van der Waals surface area contributed by atoms with Crippen molar-refractivity contribution in [1.29, 1.82) is 0 Å². The summed E-state index contributed by atoms with van der Waals surface area (Å²) in [6.45, 7) is 8.32. The number of hydrogen-bond donors (Lipinski definition) is 0. The lowest BCUT2D eigenvalue weighted by atomic mass is 9.87. The third kappa shape index (κ3) is 4.22. The van der Waals surface area contributed by atoms with Gasteiger partial charge in [0.15, 0.2) is 5.78 Å². The van der Waals surface area contributed by atoms with Crippen molar-refractivity contribution in [2.45, 2.75) is 39.8 Å². The number of carbonyl (C=O) groups is 1. The molecule has 0 aliphatic carbocycles. The lowest BCUT2D eigenvalue weighted by molar-refractivity contribution is -0.128. The van der Waals surface area contributed by atoms with Gasteiger partial charge in [-0.05, 0) is 78.1 Å². The van der Waals surface area contributed by atoms with Crippen LogP contribution in [0.3, 0.4) is 0 Å². The van der Waals surface area contributed by atoms with Gasteiger partial charge in [-0.3, -0.25) is 14.6 Å². The van der Waals surface area contributed by atoms with Crippen molar-refractivity contribution in [3.8, 4) is 0 Å². The molecule has 0 aromatic heterocycles. The highest BCUT2D eigenvalue weighted by molar-refractivity contribution is 5.91. The van der Waals surface area contributed by atoms with Gasteiger partial charge in [-0.25, -0.2) is 0 Å². The Labute approximate surface area is 158 Å². The lowest BCUT2D eigenvalue weighted by Crippen LogP contribution is -2.38. The largest absolute Gasteiger partial charge is 0.296 e. The molecule has 0 fully saturated rings. The number of nitrogens with zero attached hydrogens (tertiary/aromatic N) is 2. The van der Waals surface area contributed by atoms with Gasteiger partial charge >= 0.3 is 0 Å². The smallest absolute Gasteiger partial charge is 0.176 e. The number of rotatable bonds is 6. The summed E-state index contributed by atoms with van der Waals surface area (Å²) in [5.41, 5.74) is 6.85. The monoisotopic (exact) mass is 352 g/mol. The molecule has 3 heteroatoms. The zero-order chi connectivity index (χ0) is 19.6. The van der Waals surface area contributed by atoms with Crippen LogP contribution < -0.4 is 0 Å². The maximum atomic E-state index is 13.8. The molecule has 0 aliphatic rings. The van der Waals surface area contributed by atoms with Crippen LogP contribution in [-0.4, -0.2) is 43.8 Å². The number of hydrogen-bond acceptors (Lipinski definition) is 3. The molecule has 0 saturated heterocycles. The SMILES string of the molecule is Cc1ccc(C)c(C(C(=O)C(c2cc(C)ccc2C)N(C)C)N(C)C)c1. The van der Waals surface area contributed by atoms with E-state index in [-0.39, 0.29) is 17.9 Å². The minimum Gasteiger partial charge on any atom is -0.296 e. The normalized spacial score (nSPS) is 13.9. The van der Waals surface area contributed by atoms with Gasteiger partial charge in [0, 0.05) is 0 Å². The molecule has 140 valence electrons. The van der Waals surface area contributed by atoms with Gasteiger partial charge in [-0.1, -0.05) is 47.5 Å². The molecule has 2 unspecified atom stereocenters. The van der Waals surface area contributed by atoms with Crippen molar-refractivity contribution >= 4 is 5.78 Å². The van der Waals surface area contributed by atoms with Gasteiger partial charge < -0.3 is 0 Å². The van der Waals surface area contributed by atoms with Crippen molar-refractivity contribution in [3.63, 3.8) is 0 Å². The van der Waals surface area contributed by atoms with E-state index in [4.69, 9.17) is 0 Å². The fourth-order valence-corrected chi connectivity index (χ4v) is 3.63. The number of benzene rings is 2. The molecule has 0 spiro atoms. The van der Waals surface area contributed by atoms with Crippen molar-refractivity contribution in [1.82, 2.24) is 9.80 Å². The molecule has 0 saturated carbocycles. The predicted octanol–water partition coefficient (Wildman–Crippen LogP) is 4.39. The summed E-state index contributed by atoms with van der Waals surface area (Å²) < 4.78 is 0. The second-order valence-corrected chi connectivity index (χ2v) is 7.85. The van der Waals surface area contributed by atoms with Crippen LogP contribution in [-0.2, 0) is 4.79 Å². The summed E-state index contributed by atoms with van der Waals surface area (Å²) in [5, 5.41) is 0. The van der Waals surface area contributed by atoms with E-state index in [9.17, 15) is 4.79 Å². The maximum absolute atomic E-state index is 13.8. The van der Waals surface area contributed by atoms with Crippen molar-refractivity contribution in [2.75, 3.05) is 28.2 Å².